The molecule has 2 aromatic rings. The second-order valence-corrected chi connectivity index (χ2v) is 8.06. The molecule has 0 aliphatic carbocycles. The van der Waals surface area contributed by atoms with Crippen LogP contribution in [0.25, 0.3) is 5.76 Å². The third-order valence-corrected chi connectivity index (χ3v) is 6.05. The molecule has 2 fully saturated rings. The van der Waals surface area contributed by atoms with Crippen LogP contribution >= 0.6 is 0 Å². The van der Waals surface area contributed by atoms with Gasteiger partial charge in [-0.05, 0) is 30.2 Å². The van der Waals surface area contributed by atoms with Gasteiger partial charge in [0.1, 0.15) is 17.3 Å². The number of ether oxygens (including phenoxy) is 2. The first kappa shape index (κ1) is 22.9. The summed E-state index contributed by atoms with van der Waals surface area (Å²) in [6.45, 7) is 4.15. The van der Waals surface area contributed by atoms with Crippen LogP contribution in [-0.2, 0) is 14.3 Å². The standard InChI is InChI=1S/C25H27FN2O5/c1-32-20-9-8-18(26)16-19(20)23(29)21-22(17-6-3-2-4-7-17)28(25(31)24(21)30)11-5-10-27-12-14-33-15-13-27/h2-4,6-9,16,22,29H,5,10-15H2,1H3/b23-21+/t22-/m0/s1. The molecule has 174 valence electrons. The van der Waals surface area contributed by atoms with Crippen molar-refractivity contribution in [1.29, 1.82) is 0 Å². The van der Waals surface area contributed by atoms with Crippen molar-refractivity contribution in [3.05, 3.63) is 71.0 Å². The molecule has 2 aliphatic rings. The molecular weight excluding hydrogens is 427 g/mol. The lowest BCUT2D eigenvalue weighted by Crippen LogP contribution is -2.38. The lowest BCUT2D eigenvalue weighted by molar-refractivity contribution is -0.140. The molecule has 7 nitrogen and oxygen atoms in total. The zero-order chi connectivity index (χ0) is 23.4. The van der Waals surface area contributed by atoms with Crippen molar-refractivity contribution in [3.8, 4) is 5.75 Å². The summed E-state index contributed by atoms with van der Waals surface area (Å²) in [7, 11) is 1.39. The summed E-state index contributed by atoms with van der Waals surface area (Å²) in [6, 6.07) is 12.0. The van der Waals surface area contributed by atoms with E-state index in [-0.39, 0.29) is 16.9 Å². The molecule has 1 atom stereocenters. The fourth-order valence-corrected chi connectivity index (χ4v) is 4.39. The van der Waals surface area contributed by atoms with E-state index in [1.807, 2.05) is 30.3 Å². The molecule has 33 heavy (non-hydrogen) atoms. The predicted molar refractivity (Wildman–Crippen MR) is 120 cm³/mol. The molecule has 0 saturated carbocycles. The lowest BCUT2D eigenvalue weighted by Gasteiger charge is -2.29. The van der Waals surface area contributed by atoms with Gasteiger partial charge in [0, 0.05) is 26.2 Å². The number of halogens is 1. The summed E-state index contributed by atoms with van der Waals surface area (Å²) in [5, 5.41) is 11.1. The highest BCUT2D eigenvalue weighted by molar-refractivity contribution is 6.46. The number of carbonyl (C=O) groups is 2. The van der Waals surface area contributed by atoms with Crippen molar-refractivity contribution in [2.24, 2.45) is 0 Å². The fourth-order valence-electron chi connectivity index (χ4n) is 4.39. The van der Waals surface area contributed by atoms with Crippen molar-refractivity contribution in [3.63, 3.8) is 0 Å². The van der Waals surface area contributed by atoms with Crippen LogP contribution in [0.1, 0.15) is 23.6 Å². The number of benzene rings is 2. The molecule has 0 bridgehead atoms. The molecule has 4 rings (SSSR count). The van der Waals surface area contributed by atoms with Crippen molar-refractivity contribution < 1.29 is 28.6 Å². The molecule has 1 N–H and O–H groups in total. The van der Waals surface area contributed by atoms with Gasteiger partial charge in [-0.1, -0.05) is 30.3 Å². The first-order valence-electron chi connectivity index (χ1n) is 11.0. The van der Waals surface area contributed by atoms with Gasteiger partial charge in [0.15, 0.2) is 0 Å². The van der Waals surface area contributed by atoms with E-state index in [1.165, 1.54) is 24.1 Å². The Bertz CT molecular complexity index is 1050. The summed E-state index contributed by atoms with van der Waals surface area (Å²) in [6.07, 6.45) is 0.666. The lowest BCUT2D eigenvalue weighted by atomic mass is 9.95. The summed E-state index contributed by atoms with van der Waals surface area (Å²) >= 11 is 0. The highest BCUT2D eigenvalue weighted by Crippen LogP contribution is 2.41. The van der Waals surface area contributed by atoms with E-state index in [0.29, 0.717) is 31.7 Å². The van der Waals surface area contributed by atoms with E-state index < -0.39 is 29.3 Å². The number of ketones is 1. The van der Waals surface area contributed by atoms with Crippen molar-refractivity contribution in [1.82, 2.24) is 9.80 Å². The number of amides is 1. The maximum absolute atomic E-state index is 14.0. The number of hydrogen-bond donors (Lipinski definition) is 1. The topological polar surface area (TPSA) is 79.3 Å². The number of likely N-dealkylation sites (tertiary alicyclic amines) is 1. The highest BCUT2D eigenvalue weighted by Gasteiger charge is 2.46. The van der Waals surface area contributed by atoms with Crippen LogP contribution < -0.4 is 4.74 Å². The second kappa shape index (κ2) is 10.1. The maximum Gasteiger partial charge on any atom is 0.295 e. The first-order valence-corrected chi connectivity index (χ1v) is 11.0. The van der Waals surface area contributed by atoms with Crippen LogP contribution in [0.2, 0.25) is 0 Å². The number of hydrogen-bond acceptors (Lipinski definition) is 6. The van der Waals surface area contributed by atoms with Gasteiger partial charge in [-0.2, -0.15) is 0 Å². The normalized spacial score (nSPS) is 20.9. The first-order chi connectivity index (χ1) is 16.0. The molecule has 1 amide bonds. The Labute approximate surface area is 192 Å². The number of Topliss-reactive ketones (excluding diaryl/α,β-unsaturated/α-hetero) is 1. The van der Waals surface area contributed by atoms with E-state index in [1.54, 1.807) is 0 Å². The van der Waals surface area contributed by atoms with Crippen LogP contribution in [0.3, 0.4) is 0 Å². The Morgan fingerprint density at radius 2 is 1.85 bits per heavy atom. The predicted octanol–water partition coefficient (Wildman–Crippen LogP) is 2.98. The van der Waals surface area contributed by atoms with Crippen molar-refractivity contribution >= 4 is 17.4 Å². The van der Waals surface area contributed by atoms with Gasteiger partial charge in [-0.3, -0.25) is 14.5 Å². The third kappa shape index (κ3) is 4.77. The molecule has 0 aromatic heterocycles. The number of aliphatic hydroxyl groups excluding tert-OH is 1. The minimum atomic E-state index is -0.793. The van der Waals surface area contributed by atoms with E-state index in [2.05, 4.69) is 4.90 Å². The quantitative estimate of drug-likeness (QED) is 0.394. The second-order valence-electron chi connectivity index (χ2n) is 8.06. The Morgan fingerprint density at radius 1 is 1.12 bits per heavy atom. The van der Waals surface area contributed by atoms with E-state index in [4.69, 9.17) is 9.47 Å². The minimum absolute atomic E-state index is 0.0322. The average Bonchev–Trinajstić information content (AvgIpc) is 3.10. The third-order valence-electron chi connectivity index (χ3n) is 6.05. The van der Waals surface area contributed by atoms with E-state index in [0.717, 1.165) is 25.7 Å². The molecule has 2 aromatic carbocycles. The monoisotopic (exact) mass is 454 g/mol. The van der Waals surface area contributed by atoms with E-state index >= 15 is 0 Å². The smallest absolute Gasteiger partial charge is 0.295 e. The van der Waals surface area contributed by atoms with Crippen LogP contribution in [0, 0.1) is 5.82 Å². The summed E-state index contributed by atoms with van der Waals surface area (Å²) in [4.78, 5) is 29.9. The van der Waals surface area contributed by atoms with Gasteiger partial charge in [-0.25, -0.2) is 4.39 Å². The number of aliphatic hydroxyl groups is 1. The molecule has 0 unspecified atom stereocenters. The van der Waals surface area contributed by atoms with Crippen LogP contribution in [0.4, 0.5) is 4.39 Å². The van der Waals surface area contributed by atoms with Crippen molar-refractivity contribution in [2.45, 2.75) is 12.5 Å². The van der Waals surface area contributed by atoms with Gasteiger partial charge < -0.3 is 19.5 Å². The maximum atomic E-state index is 14.0. The van der Waals surface area contributed by atoms with Crippen LogP contribution in [0.15, 0.2) is 54.1 Å². The summed E-state index contributed by atoms with van der Waals surface area (Å²) in [5.41, 5.74) is 0.659. The van der Waals surface area contributed by atoms with E-state index in [9.17, 15) is 19.1 Å². The van der Waals surface area contributed by atoms with Gasteiger partial charge in [0.2, 0.25) is 0 Å². The van der Waals surface area contributed by atoms with Crippen molar-refractivity contribution in [2.75, 3.05) is 46.5 Å². The highest BCUT2D eigenvalue weighted by atomic mass is 19.1. The number of carbonyl (C=O) groups excluding carboxylic acids is 2. The molecule has 8 heteroatoms. The molecule has 0 spiro atoms. The molecule has 2 saturated heterocycles. The van der Waals surface area contributed by atoms with Gasteiger partial charge in [0.25, 0.3) is 11.7 Å². The molecule has 0 radical (unpaired) electrons. The van der Waals surface area contributed by atoms with Crippen LogP contribution in [-0.4, -0.2) is 73.1 Å². The minimum Gasteiger partial charge on any atom is -0.507 e. The van der Waals surface area contributed by atoms with Crippen LogP contribution in [0.5, 0.6) is 5.75 Å². The Kier molecular flexibility index (Phi) is 7.05. The number of nitrogens with zero attached hydrogens (tertiary/aromatic N) is 2. The average molecular weight is 454 g/mol. The summed E-state index contributed by atoms with van der Waals surface area (Å²) < 4.78 is 24.6. The largest absolute Gasteiger partial charge is 0.507 e. The SMILES string of the molecule is COc1ccc(F)cc1/C(O)=C1\C(=O)C(=O)N(CCCN2CCOCC2)[C@H]1c1ccccc1. The zero-order valence-electron chi connectivity index (χ0n) is 18.5. The Morgan fingerprint density at radius 3 is 2.55 bits per heavy atom. The Hall–Kier alpha value is -3.23. The number of rotatable bonds is 7. The zero-order valence-corrected chi connectivity index (χ0v) is 18.5. The number of methoxy groups -OCH3 is 1. The Balaban J connectivity index is 1.70. The fraction of sp³-hybridized carbons (Fsp3) is 0.360. The molecule has 2 heterocycles. The summed E-state index contributed by atoms with van der Waals surface area (Å²) in [5.74, 6) is -2.30. The number of morpholine rings is 1. The van der Waals surface area contributed by atoms with Gasteiger partial charge in [-0.15, -0.1) is 0 Å². The molecular formula is C25H27FN2O5. The van der Waals surface area contributed by atoms with Gasteiger partial charge in [0.05, 0.1) is 37.5 Å². The molecule has 2 aliphatic heterocycles. The van der Waals surface area contributed by atoms with Gasteiger partial charge >= 0.3 is 0 Å².